The van der Waals surface area contributed by atoms with Gasteiger partial charge in [0, 0.05) is 25.4 Å². The largest absolute Gasteiger partial charge is 0.347 e. The zero-order valence-corrected chi connectivity index (χ0v) is 17.3. The molecule has 6 heteroatoms. The van der Waals surface area contributed by atoms with Crippen molar-refractivity contribution in [3.63, 3.8) is 0 Å². The van der Waals surface area contributed by atoms with Crippen molar-refractivity contribution in [2.24, 2.45) is 7.05 Å². The molecular weight excluding hydrogens is 380 g/mol. The van der Waals surface area contributed by atoms with E-state index in [0.717, 1.165) is 47.6 Å². The number of hydrogen-bond acceptors (Lipinski definition) is 4. The number of aryl methyl sites for hydroxylation is 3. The molecule has 0 aliphatic rings. The van der Waals surface area contributed by atoms with Gasteiger partial charge in [-0.15, -0.1) is 11.3 Å². The average Bonchev–Trinajstić information content (AvgIpc) is 3.35. The maximum absolute atomic E-state index is 12.3. The van der Waals surface area contributed by atoms with Gasteiger partial charge in [-0.1, -0.05) is 42.5 Å². The summed E-state index contributed by atoms with van der Waals surface area (Å²) in [5.74, 6) is 1.00. The topological polar surface area (TPSA) is 59.8 Å². The highest BCUT2D eigenvalue weighted by atomic mass is 32.1. The third-order valence-corrected chi connectivity index (χ3v) is 5.91. The van der Waals surface area contributed by atoms with Gasteiger partial charge < -0.3 is 9.88 Å². The molecule has 0 saturated heterocycles. The van der Waals surface area contributed by atoms with Crippen LogP contribution in [-0.2, 0) is 26.4 Å². The first-order valence-corrected chi connectivity index (χ1v) is 10.8. The van der Waals surface area contributed by atoms with Crippen LogP contribution < -0.4 is 5.32 Å². The molecule has 0 aliphatic heterocycles. The molecule has 0 saturated carbocycles. The summed E-state index contributed by atoms with van der Waals surface area (Å²) >= 11 is 1.56. The third kappa shape index (κ3) is 4.71. The summed E-state index contributed by atoms with van der Waals surface area (Å²) in [7, 11) is 2.08. The summed E-state index contributed by atoms with van der Waals surface area (Å²) in [6, 6.07) is 18.1. The minimum absolute atomic E-state index is 0.115. The number of rotatable bonds is 8. The quantitative estimate of drug-likeness (QED) is 0.439. The number of para-hydroxylation sites is 2. The maximum Gasteiger partial charge on any atom is 0.271 e. The molecule has 29 heavy (non-hydrogen) atoms. The number of fused-ring (bicyclic) bond motifs is 1. The van der Waals surface area contributed by atoms with Gasteiger partial charge in [-0.2, -0.15) is 0 Å². The van der Waals surface area contributed by atoms with Crippen LogP contribution in [0.15, 0.2) is 60.0 Å². The monoisotopic (exact) mass is 404 g/mol. The maximum atomic E-state index is 12.3. The smallest absolute Gasteiger partial charge is 0.271 e. The number of carbonyl (C=O) groups is 1. The normalized spacial score (nSPS) is 11.1. The number of benzene rings is 2. The Hall–Kier alpha value is -2.99. The predicted molar refractivity (Wildman–Crippen MR) is 117 cm³/mol. The Kier molecular flexibility index (Phi) is 6.00. The molecule has 0 aliphatic carbocycles. The molecular formula is C23H24N4OS. The van der Waals surface area contributed by atoms with Crippen molar-refractivity contribution in [1.29, 1.82) is 0 Å². The van der Waals surface area contributed by atoms with Crippen molar-refractivity contribution in [1.82, 2.24) is 19.9 Å². The number of nitrogens with one attached hydrogen (secondary N) is 1. The molecule has 0 spiro atoms. The number of thiazole rings is 1. The molecule has 148 valence electrons. The van der Waals surface area contributed by atoms with Gasteiger partial charge in [0.05, 0.1) is 16.0 Å². The zero-order chi connectivity index (χ0) is 20.1. The van der Waals surface area contributed by atoms with E-state index in [2.05, 4.69) is 34.0 Å². The minimum Gasteiger partial charge on any atom is -0.347 e. The van der Waals surface area contributed by atoms with Gasteiger partial charge in [0.15, 0.2) is 0 Å². The van der Waals surface area contributed by atoms with Crippen LogP contribution in [0, 0.1) is 0 Å². The first-order valence-electron chi connectivity index (χ1n) is 9.87. The number of unbranched alkanes of at least 4 members (excludes halogenated alkanes) is 1. The van der Waals surface area contributed by atoms with E-state index in [1.807, 2.05) is 47.8 Å². The van der Waals surface area contributed by atoms with Gasteiger partial charge in [0.25, 0.3) is 5.91 Å². The summed E-state index contributed by atoms with van der Waals surface area (Å²) in [6.07, 6.45) is 3.91. The summed E-state index contributed by atoms with van der Waals surface area (Å²) in [6.45, 7) is 0.518. The first-order chi connectivity index (χ1) is 14.2. The van der Waals surface area contributed by atoms with Crippen molar-refractivity contribution in [3.05, 3.63) is 82.1 Å². The summed E-state index contributed by atoms with van der Waals surface area (Å²) < 4.78 is 2.17. The van der Waals surface area contributed by atoms with E-state index in [-0.39, 0.29) is 5.91 Å². The Morgan fingerprint density at radius 1 is 1.00 bits per heavy atom. The van der Waals surface area contributed by atoms with Crippen LogP contribution in [0.4, 0.5) is 0 Å². The van der Waals surface area contributed by atoms with E-state index >= 15 is 0 Å². The number of hydrogen-bond donors (Lipinski definition) is 1. The first kappa shape index (κ1) is 19.3. The fourth-order valence-corrected chi connectivity index (χ4v) is 4.20. The zero-order valence-electron chi connectivity index (χ0n) is 16.5. The van der Waals surface area contributed by atoms with Crippen molar-refractivity contribution in [3.8, 4) is 0 Å². The number of aromatic nitrogens is 3. The van der Waals surface area contributed by atoms with Gasteiger partial charge in [0.2, 0.25) is 0 Å². The molecule has 2 heterocycles. The lowest BCUT2D eigenvalue weighted by atomic mass is 10.2. The second-order valence-corrected chi connectivity index (χ2v) is 8.02. The van der Waals surface area contributed by atoms with Gasteiger partial charge >= 0.3 is 0 Å². The summed E-state index contributed by atoms with van der Waals surface area (Å²) in [5.41, 5.74) is 3.82. The molecule has 0 unspecified atom stereocenters. The van der Waals surface area contributed by atoms with Crippen LogP contribution in [0.25, 0.3) is 11.0 Å². The fraction of sp³-hybridized carbons (Fsp3) is 0.261. The molecule has 4 aromatic rings. The Morgan fingerprint density at radius 3 is 2.59 bits per heavy atom. The van der Waals surface area contributed by atoms with Gasteiger partial charge in [0.1, 0.15) is 11.5 Å². The summed E-state index contributed by atoms with van der Waals surface area (Å²) in [5, 5.41) is 5.79. The van der Waals surface area contributed by atoms with Crippen molar-refractivity contribution >= 4 is 28.3 Å². The Bertz CT molecular complexity index is 1100. The van der Waals surface area contributed by atoms with Gasteiger partial charge in [-0.3, -0.25) is 4.79 Å². The van der Waals surface area contributed by atoms with Gasteiger partial charge in [-0.25, -0.2) is 9.97 Å². The van der Waals surface area contributed by atoms with E-state index in [0.29, 0.717) is 12.2 Å². The highest BCUT2D eigenvalue weighted by Crippen LogP contribution is 2.17. The SMILES string of the molecule is Cn1c(CCCCc2nc(C(=O)NCc3ccccc3)cs2)nc2ccccc21. The van der Waals surface area contributed by atoms with E-state index in [9.17, 15) is 4.79 Å². The highest BCUT2D eigenvalue weighted by molar-refractivity contribution is 7.09. The third-order valence-electron chi connectivity index (χ3n) is 5.00. The standard InChI is InChI=1S/C23H24N4OS/c1-27-20-12-6-5-11-18(20)25-21(27)13-7-8-14-22-26-19(16-29-22)23(28)24-15-17-9-3-2-4-10-17/h2-6,9-12,16H,7-8,13-15H2,1H3,(H,24,28). The lowest BCUT2D eigenvalue weighted by Crippen LogP contribution is -2.23. The molecule has 2 aromatic carbocycles. The number of carbonyl (C=O) groups excluding carboxylic acids is 1. The second-order valence-electron chi connectivity index (χ2n) is 7.08. The second kappa shape index (κ2) is 9.01. The molecule has 2 aromatic heterocycles. The van der Waals surface area contributed by atoms with E-state index < -0.39 is 0 Å². The van der Waals surface area contributed by atoms with Crippen LogP contribution in [0.1, 0.15) is 39.7 Å². The van der Waals surface area contributed by atoms with Crippen LogP contribution in [-0.4, -0.2) is 20.4 Å². The number of imidazole rings is 1. The summed E-state index contributed by atoms with van der Waals surface area (Å²) in [4.78, 5) is 21.5. The van der Waals surface area contributed by atoms with Crippen LogP contribution in [0.3, 0.4) is 0 Å². The molecule has 1 N–H and O–H groups in total. The minimum atomic E-state index is -0.115. The molecule has 0 radical (unpaired) electrons. The predicted octanol–water partition coefficient (Wildman–Crippen LogP) is 4.53. The van der Waals surface area contributed by atoms with E-state index in [1.54, 1.807) is 11.3 Å². The number of nitrogens with zero attached hydrogens (tertiary/aromatic N) is 3. The fourth-order valence-electron chi connectivity index (χ4n) is 3.38. The van der Waals surface area contributed by atoms with Crippen LogP contribution in [0.5, 0.6) is 0 Å². The Morgan fingerprint density at radius 2 is 1.76 bits per heavy atom. The lowest BCUT2D eigenvalue weighted by Gasteiger charge is -2.03. The van der Waals surface area contributed by atoms with Crippen molar-refractivity contribution in [2.45, 2.75) is 32.2 Å². The molecule has 5 nitrogen and oxygen atoms in total. The Labute approximate surface area is 174 Å². The Balaban J connectivity index is 1.25. The van der Waals surface area contributed by atoms with Crippen LogP contribution >= 0.6 is 11.3 Å². The molecule has 4 rings (SSSR count). The van der Waals surface area contributed by atoms with Crippen molar-refractivity contribution < 1.29 is 4.79 Å². The van der Waals surface area contributed by atoms with Crippen LogP contribution in [0.2, 0.25) is 0 Å². The molecule has 0 bridgehead atoms. The van der Waals surface area contributed by atoms with E-state index in [1.165, 1.54) is 5.52 Å². The highest BCUT2D eigenvalue weighted by Gasteiger charge is 2.11. The molecule has 0 fully saturated rings. The molecule has 0 atom stereocenters. The lowest BCUT2D eigenvalue weighted by molar-refractivity contribution is 0.0946. The number of amides is 1. The van der Waals surface area contributed by atoms with Crippen molar-refractivity contribution in [2.75, 3.05) is 0 Å². The van der Waals surface area contributed by atoms with E-state index in [4.69, 9.17) is 4.98 Å². The van der Waals surface area contributed by atoms with Gasteiger partial charge in [-0.05, 0) is 37.0 Å². The average molecular weight is 405 g/mol. The molecule has 1 amide bonds.